The predicted molar refractivity (Wildman–Crippen MR) is 75.5 cm³/mol. The van der Waals surface area contributed by atoms with Crippen LogP contribution in [0.4, 0.5) is 11.5 Å². The number of aryl methyl sites for hydroxylation is 1. The normalized spacial score (nSPS) is 10.1. The summed E-state index contributed by atoms with van der Waals surface area (Å²) in [6.07, 6.45) is 1.58. The molecule has 1 amide bonds. The summed E-state index contributed by atoms with van der Waals surface area (Å²) in [7, 11) is 0. The van der Waals surface area contributed by atoms with Crippen LogP contribution in [0.5, 0.6) is 0 Å². The Bertz CT molecular complexity index is 599. The summed E-state index contributed by atoms with van der Waals surface area (Å²) in [6.45, 7) is 1.96. The zero-order chi connectivity index (χ0) is 13.1. The van der Waals surface area contributed by atoms with Crippen LogP contribution in [-0.4, -0.2) is 10.9 Å². The maximum absolute atomic E-state index is 12.0. The van der Waals surface area contributed by atoms with Crippen LogP contribution in [-0.2, 0) is 0 Å². The van der Waals surface area contributed by atoms with Crippen molar-refractivity contribution in [2.45, 2.75) is 6.92 Å². The number of nitrogens with two attached hydrogens (primary N) is 1. The molecule has 0 saturated heterocycles. The minimum Gasteiger partial charge on any atom is -0.396 e. The Balaban J connectivity index is 2.22. The van der Waals surface area contributed by atoms with Gasteiger partial charge in [0.2, 0.25) is 0 Å². The summed E-state index contributed by atoms with van der Waals surface area (Å²) in [5, 5.41) is 2.68. The minimum atomic E-state index is -0.235. The lowest BCUT2D eigenvalue weighted by molar-refractivity contribution is 0.102. The average Bonchev–Trinajstić information content (AvgIpc) is 2.35. The Morgan fingerprint density at radius 2 is 2.17 bits per heavy atom. The van der Waals surface area contributed by atoms with Crippen LogP contribution in [0.15, 0.2) is 41.0 Å². The number of hydrogen-bond donors (Lipinski definition) is 2. The molecule has 1 aromatic carbocycles. The Kier molecular flexibility index (Phi) is 3.62. The fourth-order valence-corrected chi connectivity index (χ4v) is 1.81. The highest BCUT2D eigenvalue weighted by atomic mass is 79.9. The molecule has 1 heterocycles. The van der Waals surface area contributed by atoms with Gasteiger partial charge in [-0.3, -0.25) is 4.79 Å². The second kappa shape index (κ2) is 5.18. The number of rotatable bonds is 2. The first-order valence-corrected chi connectivity index (χ1v) is 6.15. The number of carbonyl (C=O) groups is 1. The van der Waals surface area contributed by atoms with Gasteiger partial charge in [-0.1, -0.05) is 22.0 Å². The maximum Gasteiger partial charge on any atom is 0.256 e. The van der Waals surface area contributed by atoms with Crippen LogP contribution in [0.2, 0.25) is 0 Å². The monoisotopic (exact) mass is 305 g/mol. The molecule has 0 atom stereocenters. The average molecular weight is 306 g/mol. The topological polar surface area (TPSA) is 68.0 Å². The number of benzene rings is 1. The molecular formula is C13H12BrN3O. The molecule has 0 aliphatic heterocycles. The lowest BCUT2D eigenvalue weighted by Gasteiger charge is -2.07. The van der Waals surface area contributed by atoms with Crippen LogP contribution >= 0.6 is 15.9 Å². The van der Waals surface area contributed by atoms with E-state index in [2.05, 4.69) is 26.2 Å². The zero-order valence-corrected chi connectivity index (χ0v) is 11.4. The third-order valence-corrected chi connectivity index (χ3v) is 3.36. The Hall–Kier alpha value is -1.88. The van der Waals surface area contributed by atoms with Gasteiger partial charge >= 0.3 is 0 Å². The second-order valence-electron chi connectivity index (χ2n) is 3.86. The molecule has 0 aliphatic rings. The van der Waals surface area contributed by atoms with E-state index in [0.717, 1.165) is 10.0 Å². The maximum atomic E-state index is 12.0. The van der Waals surface area contributed by atoms with E-state index in [0.29, 0.717) is 17.1 Å². The number of nitrogens with one attached hydrogen (secondary N) is 1. The van der Waals surface area contributed by atoms with Crippen LogP contribution in [0.25, 0.3) is 0 Å². The number of carbonyl (C=O) groups excluding carboxylic acids is 1. The first kappa shape index (κ1) is 12.6. The van der Waals surface area contributed by atoms with E-state index >= 15 is 0 Å². The first-order chi connectivity index (χ1) is 8.58. The first-order valence-electron chi connectivity index (χ1n) is 5.36. The Labute approximate surface area is 113 Å². The van der Waals surface area contributed by atoms with Gasteiger partial charge < -0.3 is 11.1 Å². The fourth-order valence-electron chi connectivity index (χ4n) is 1.44. The summed E-state index contributed by atoms with van der Waals surface area (Å²) in [5.41, 5.74) is 7.78. The van der Waals surface area contributed by atoms with Gasteiger partial charge in [-0.15, -0.1) is 0 Å². The van der Waals surface area contributed by atoms with Gasteiger partial charge in [-0.2, -0.15) is 0 Å². The van der Waals surface area contributed by atoms with Gasteiger partial charge in [-0.05, 0) is 36.8 Å². The molecule has 2 rings (SSSR count). The molecule has 0 fully saturated rings. The van der Waals surface area contributed by atoms with Gasteiger partial charge in [0, 0.05) is 16.2 Å². The number of anilines is 2. The van der Waals surface area contributed by atoms with Crippen molar-refractivity contribution in [1.29, 1.82) is 0 Å². The van der Waals surface area contributed by atoms with Gasteiger partial charge in [0.25, 0.3) is 5.91 Å². The molecule has 0 unspecified atom stereocenters. The van der Waals surface area contributed by atoms with E-state index in [1.807, 2.05) is 13.0 Å². The van der Waals surface area contributed by atoms with Crippen molar-refractivity contribution in [3.63, 3.8) is 0 Å². The van der Waals surface area contributed by atoms with E-state index in [9.17, 15) is 4.79 Å². The van der Waals surface area contributed by atoms with Crippen molar-refractivity contribution in [3.8, 4) is 0 Å². The van der Waals surface area contributed by atoms with E-state index in [-0.39, 0.29) is 5.91 Å². The highest BCUT2D eigenvalue weighted by Gasteiger charge is 2.09. The standard InChI is InChI=1S/C13H12BrN3O/c1-8-4-5-9(7-10(8)14)13(18)17-12-11(15)3-2-6-16-12/h2-7H,15H2,1H3,(H,16,17,18). The zero-order valence-electron chi connectivity index (χ0n) is 9.77. The smallest absolute Gasteiger partial charge is 0.256 e. The molecule has 0 radical (unpaired) electrons. The summed E-state index contributed by atoms with van der Waals surface area (Å²) >= 11 is 3.39. The molecule has 18 heavy (non-hydrogen) atoms. The van der Waals surface area contributed by atoms with Crippen molar-refractivity contribution in [1.82, 2.24) is 4.98 Å². The van der Waals surface area contributed by atoms with Crippen LogP contribution in [0, 0.1) is 6.92 Å². The summed E-state index contributed by atoms with van der Waals surface area (Å²) < 4.78 is 0.893. The van der Waals surface area contributed by atoms with Crippen LogP contribution in [0.1, 0.15) is 15.9 Å². The third-order valence-electron chi connectivity index (χ3n) is 2.50. The molecule has 3 N–H and O–H groups in total. The van der Waals surface area contributed by atoms with Crippen LogP contribution in [0.3, 0.4) is 0 Å². The lowest BCUT2D eigenvalue weighted by Crippen LogP contribution is -2.14. The second-order valence-corrected chi connectivity index (χ2v) is 4.71. The molecule has 0 saturated carbocycles. The van der Waals surface area contributed by atoms with E-state index < -0.39 is 0 Å². The molecule has 1 aromatic heterocycles. The number of nitrogens with zero attached hydrogens (tertiary/aromatic N) is 1. The van der Waals surface area contributed by atoms with Crippen molar-refractivity contribution < 1.29 is 4.79 Å². The van der Waals surface area contributed by atoms with Crippen molar-refractivity contribution in [2.75, 3.05) is 11.1 Å². The molecule has 2 aromatic rings. The summed E-state index contributed by atoms with van der Waals surface area (Å²) in [4.78, 5) is 16.0. The highest BCUT2D eigenvalue weighted by molar-refractivity contribution is 9.10. The molecular weight excluding hydrogens is 294 g/mol. The number of halogens is 1. The number of pyridine rings is 1. The Morgan fingerprint density at radius 1 is 1.39 bits per heavy atom. The molecule has 0 spiro atoms. The van der Waals surface area contributed by atoms with Crippen LogP contribution < -0.4 is 11.1 Å². The van der Waals surface area contributed by atoms with E-state index in [1.165, 1.54) is 0 Å². The van der Waals surface area contributed by atoms with Crippen molar-refractivity contribution >= 4 is 33.3 Å². The third kappa shape index (κ3) is 2.68. The van der Waals surface area contributed by atoms with Crippen molar-refractivity contribution in [2.24, 2.45) is 0 Å². The molecule has 5 heteroatoms. The van der Waals surface area contributed by atoms with Gasteiger partial charge in [0.1, 0.15) is 0 Å². The predicted octanol–water partition coefficient (Wildman–Crippen LogP) is 2.99. The van der Waals surface area contributed by atoms with Crippen molar-refractivity contribution in [3.05, 3.63) is 52.1 Å². The largest absolute Gasteiger partial charge is 0.396 e. The van der Waals surface area contributed by atoms with Gasteiger partial charge in [0.15, 0.2) is 5.82 Å². The molecule has 0 bridgehead atoms. The molecule has 0 aliphatic carbocycles. The number of nitrogen functional groups attached to an aromatic ring is 1. The quantitative estimate of drug-likeness (QED) is 0.896. The minimum absolute atomic E-state index is 0.235. The molecule has 4 nitrogen and oxygen atoms in total. The number of amides is 1. The fraction of sp³-hybridized carbons (Fsp3) is 0.0769. The van der Waals surface area contributed by atoms with E-state index in [4.69, 9.17) is 5.73 Å². The highest BCUT2D eigenvalue weighted by Crippen LogP contribution is 2.19. The van der Waals surface area contributed by atoms with E-state index in [1.54, 1.807) is 30.5 Å². The summed E-state index contributed by atoms with van der Waals surface area (Å²) in [6, 6.07) is 8.81. The lowest BCUT2D eigenvalue weighted by atomic mass is 10.1. The summed E-state index contributed by atoms with van der Waals surface area (Å²) in [5.74, 6) is 0.139. The molecule has 92 valence electrons. The SMILES string of the molecule is Cc1ccc(C(=O)Nc2ncccc2N)cc1Br. The number of hydrogen-bond acceptors (Lipinski definition) is 3. The van der Waals surface area contributed by atoms with Gasteiger partial charge in [0.05, 0.1) is 5.69 Å². The van der Waals surface area contributed by atoms with Gasteiger partial charge in [-0.25, -0.2) is 4.98 Å². The Morgan fingerprint density at radius 3 is 2.83 bits per heavy atom. The number of aromatic nitrogens is 1.